The number of halogens is 1. The first kappa shape index (κ1) is 17.5. The molecule has 5 heteroatoms. The van der Waals surface area contributed by atoms with Gasteiger partial charge in [0.2, 0.25) is 0 Å². The van der Waals surface area contributed by atoms with Gasteiger partial charge < -0.3 is 10.1 Å². The normalized spacial score (nSPS) is 11.0. The number of rotatable bonds is 4. The van der Waals surface area contributed by atoms with Crippen LogP contribution in [0, 0.1) is 11.3 Å². The van der Waals surface area contributed by atoms with Crippen molar-refractivity contribution in [1.82, 2.24) is 0 Å². The number of amides is 1. The van der Waals surface area contributed by atoms with Crippen molar-refractivity contribution in [2.75, 3.05) is 12.4 Å². The molecule has 0 fully saturated rings. The van der Waals surface area contributed by atoms with Crippen LogP contribution in [0.4, 0.5) is 5.69 Å². The molecular formula is C21H15ClN2O2. The first-order chi connectivity index (χ1) is 12.6. The monoisotopic (exact) mass is 362 g/mol. The third-order valence-electron chi connectivity index (χ3n) is 3.90. The Bertz CT molecular complexity index is 1050. The van der Waals surface area contributed by atoms with Crippen LogP contribution in [0.2, 0.25) is 5.02 Å². The van der Waals surface area contributed by atoms with E-state index < -0.39 is 5.91 Å². The van der Waals surface area contributed by atoms with E-state index in [-0.39, 0.29) is 5.57 Å². The molecule has 3 aromatic carbocycles. The smallest absolute Gasteiger partial charge is 0.266 e. The van der Waals surface area contributed by atoms with Gasteiger partial charge >= 0.3 is 0 Å². The summed E-state index contributed by atoms with van der Waals surface area (Å²) in [4.78, 5) is 12.5. The van der Waals surface area contributed by atoms with Crippen molar-refractivity contribution in [1.29, 1.82) is 5.26 Å². The van der Waals surface area contributed by atoms with Crippen molar-refractivity contribution in [3.8, 4) is 11.8 Å². The molecule has 0 bridgehead atoms. The van der Waals surface area contributed by atoms with Gasteiger partial charge in [-0.05, 0) is 40.6 Å². The Morgan fingerprint density at radius 3 is 2.65 bits per heavy atom. The van der Waals surface area contributed by atoms with Crippen LogP contribution < -0.4 is 10.1 Å². The summed E-state index contributed by atoms with van der Waals surface area (Å²) in [5.41, 5.74) is 1.30. The van der Waals surface area contributed by atoms with E-state index in [9.17, 15) is 10.1 Å². The molecule has 26 heavy (non-hydrogen) atoms. The molecule has 0 saturated heterocycles. The van der Waals surface area contributed by atoms with Gasteiger partial charge in [-0.15, -0.1) is 0 Å². The number of benzene rings is 3. The van der Waals surface area contributed by atoms with Crippen molar-refractivity contribution in [2.45, 2.75) is 0 Å². The SMILES string of the molecule is COc1ccc(NC(=O)/C(C#N)=C/c2cccc3ccccc23)cc1Cl. The molecule has 0 spiro atoms. The summed E-state index contributed by atoms with van der Waals surface area (Å²) in [6.07, 6.45) is 1.59. The second-order valence-corrected chi connectivity index (χ2v) is 5.95. The fourth-order valence-electron chi connectivity index (χ4n) is 2.62. The molecule has 0 unspecified atom stereocenters. The maximum absolute atomic E-state index is 12.5. The van der Waals surface area contributed by atoms with Crippen molar-refractivity contribution < 1.29 is 9.53 Å². The maximum Gasteiger partial charge on any atom is 0.266 e. The highest BCUT2D eigenvalue weighted by Gasteiger charge is 2.11. The van der Waals surface area contributed by atoms with E-state index in [2.05, 4.69) is 5.32 Å². The average Bonchev–Trinajstić information content (AvgIpc) is 2.66. The summed E-state index contributed by atoms with van der Waals surface area (Å²) in [6, 6.07) is 20.4. The fourth-order valence-corrected chi connectivity index (χ4v) is 2.88. The zero-order chi connectivity index (χ0) is 18.5. The Kier molecular flexibility index (Phi) is 5.21. The molecule has 4 nitrogen and oxygen atoms in total. The topological polar surface area (TPSA) is 62.1 Å². The lowest BCUT2D eigenvalue weighted by atomic mass is 10.0. The highest BCUT2D eigenvalue weighted by molar-refractivity contribution is 6.32. The molecule has 128 valence electrons. The van der Waals surface area contributed by atoms with Crippen LogP contribution in [-0.4, -0.2) is 13.0 Å². The molecule has 3 rings (SSSR count). The zero-order valence-corrected chi connectivity index (χ0v) is 14.7. The Balaban J connectivity index is 1.90. The lowest BCUT2D eigenvalue weighted by Crippen LogP contribution is -2.13. The van der Waals surface area contributed by atoms with Crippen LogP contribution >= 0.6 is 11.6 Å². The molecule has 0 heterocycles. The second-order valence-electron chi connectivity index (χ2n) is 5.54. The van der Waals surface area contributed by atoms with Gasteiger partial charge in [0.25, 0.3) is 5.91 Å². The van der Waals surface area contributed by atoms with E-state index in [0.29, 0.717) is 16.5 Å². The number of carbonyl (C=O) groups is 1. The number of hydrogen-bond donors (Lipinski definition) is 1. The van der Waals surface area contributed by atoms with Gasteiger partial charge in [0.05, 0.1) is 12.1 Å². The van der Waals surface area contributed by atoms with Crippen LogP contribution in [0.3, 0.4) is 0 Å². The lowest BCUT2D eigenvalue weighted by Gasteiger charge is -2.08. The minimum absolute atomic E-state index is 0.00768. The van der Waals surface area contributed by atoms with Crippen molar-refractivity contribution in [2.24, 2.45) is 0 Å². The van der Waals surface area contributed by atoms with Gasteiger partial charge in [0, 0.05) is 5.69 Å². The van der Waals surface area contributed by atoms with Crippen molar-refractivity contribution >= 4 is 40.0 Å². The number of fused-ring (bicyclic) bond motifs is 1. The Labute approximate surface area is 156 Å². The quantitative estimate of drug-likeness (QED) is 0.522. The van der Waals surface area contributed by atoms with E-state index in [1.54, 1.807) is 24.3 Å². The minimum atomic E-state index is -0.498. The average molecular weight is 363 g/mol. The summed E-state index contributed by atoms with van der Waals surface area (Å²) < 4.78 is 5.09. The van der Waals surface area contributed by atoms with Gasteiger partial charge in [-0.2, -0.15) is 5.26 Å². The van der Waals surface area contributed by atoms with Gasteiger partial charge in [-0.3, -0.25) is 4.79 Å². The largest absolute Gasteiger partial charge is 0.495 e. The third kappa shape index (κ3) is 3.69. The minimum Gasteiger partial charge on any atom is -0.495 e. The molecule has 0 aliphatic heterocycles. The highest BCUT2D eigenvalue weighted by Crippen LogP contribution is 2.27. The van der Waals surface area contributed by atoms with Crippen LogP contribution in [0.15, 0.2) is 66.2 Å². The van der Waals surface area contributed by atoms with Gasteiger partial charge in [-0.1, -0.05) is 54.1 Å². The van der Waals surface area contributed by atoms with E-state index >= 15 is 0 Å². The van der Waals surface area contributed by atoms with Crippen molar-refractivity contribution in [3.05, 3.63) is 76.8 Å². The predicted octanol–water partition coefficient (Wildman–Crippen LogP) is 5.05. The van der Waals surface area contributed by atoms with E-state index in [1.165, 1.54) is 7.11 Å². The summed E-state index contributed by atoms with van der Waals surface area (Å²) >= 11 is 6.07. The maximum atomic E-state index is 12.5. The molecule has 0 aromatic heterocycles. The first-order valence-corrected chi connectivity index (χ1v) is 8.24. The molecular weight excluding hydrogens is 348 g/mol. The Hall–Kier alpha value is -3.29. The fraction of sp³-hybridized carbons (Fsp3) is 0.0476. The molecule has 0 saturated carbocycles. The van der Waals surface area contributed by atoms with Crippen LogP contribution in [-0.2, 0) is 4.79 Å². The Morgan fingerprint density at radius 1 is 1.15 bits per heavy atom. The number of nitrogens with one attached hydrogen (secondary N) is 1. The first-order valence-electron chi connectivity index (χ1n) is 7.87. The van der Waals surface area contributed by atoms with Crippen LogP contribution in [0.25, 0.3) is 16.8 Å². The Morgan fingerprint density at radius 2 is 1.92 bits per heavy atom. The predicted molar refractivity (Wildman–Crippen MR) is 104 cm³/mol. The van der Waals surface area contributed by atoms with Gasteiger partial charge in [0.1, 0.15) is 17.4 Å². The summed E-state index contributed by atoms with van der Waals surface area (Å²) in [6.45, 7) is 0. The number of hydrogen-bond acceptors (Lipinski definition) is 3. The molecule has 3 aromatic rings. The molecule has 0 radical (unpaired) electrons. The number of anilines is 1. The standard InChI is InChI=1S/C21H15ClN2O2/c1-26-20-10-9-17(12-19(20)22)24-21(25)16(13-23)11-15-7-4-6-14-5-2-3-8-18(14)15/h2-12H,1H3,(H,24,25)/b16-11+. The zero-order valence-electron chi connectivity index (χ0n) is 14.0. The van der Waals surface area contributed by atoms with E-state index in [1.807, 2.05) is 48.5 Å². The third-order valence-corrected chi connectivity index (χ3v) is 4.19. The highest BCUT2D eigenvalue weighted by atomic mass is 35.5. The molecule has 0 aliphatic rings. The number of nitriles is 1. The molecule has 1 amide bonds. The second kappa shape index (κ2) is 7.73. The molecule has 0 atom stereocenters. The lowest BCUT2D eigenvalue weighted by molar-refractivity contribution is -0.112. The number of nitrogens with zero attached hydrogens (tertiary/aromatic N) is 1. The number of methoxy groups -OCH3 is 1. The number of ether oxygens (including phenoxy) is 1. The van der Waals surface area contributed by atoms with E-state index in [4.69, 9.17) is 16.3 Å². The van der Waals surface area contributed by atoms with Crippen LogP contribution in [0.1, 0.15) is 5.56 Å². The van der Waals surface area contributed by atoms with Gasteiger partial charge in [0.15, 0.2) is 0 Å². The summed E-state index contributed by atoms with van der Waals surface area (Å²) in [7, 11) is 1.51. The van der Waals surface area contributed by atoms with E-state index in [0.717, 1.165) is 16.3 Å². The summed E-state index contributed by atoms with van der Waals surface area (Å²) in [5.74, 6) is 0.0122. The summed E-state index contributed by atoms with van der Waals surface area (Å²) in [5, 5.41) is 14.5. The molecule has 0 aliphatic carbocycles. The van der Waals surface area contributed by atoms with Crippen molar-refractivity contribution in [3.63, 3.8) is 0 Å². The van der Waals surface area contributed by atoms with Crippen LogP contribution in [0.5, 0.6) is 5.75 Å². The number of carbonyl (C=O) groups excluding carboxylic acids is 1. The van der Waals surface area contributed by atoms with Gasteiger partial charge in [-0.25, -0.2) is 0 Å². The molecule has 1 N–H and O–H groups in total.